The molecule has 6 heteroatoms. The highest BCUT2D eigenvalue weighted by molar-refractivity contribution is 6.02. The summed E-state index contributed by atoms with van der Waals surface area (Å²) in [4.78, 5) is 33.2. The van der Waals surface area contributed by atoms with E-state index < -0.39 is 0 Å². The Bertz CT molecular complexity index is 1030. The maximum Gasteiger partial charge on any atom is 0.257 e. The number of likely N-dealkylation sites (N-methyl/N-ethyl adjacent to an activating group) is 1. The summed E-state index contributed by atoms with van der Waals surface area (Å²) in [7, 11) is 3.39. The number of aromatic nitrogens is 1. The lowest BCUT2D eigenvalue weighted by molar-refractivity contribution is -0.119. The third-order valence-electron chi connectivity index (χ3n) is 4.94. The highest BCUT2D eigenvalue weighted by Crippen LogP contribution is 2.38. The Labute approximate surface area is 157 Å². The molecule has 136 valence electrons. The van der Waals surface area contributed by atoms with Gasteiger partial charge in [-0.3, -0.25) is 14.6 Å². The van der Waals surface area contributed by atoms with E-state index in [1.54, 1.807) is 31.3 Å². The lowest BCUT2D eigenvalue weighted by atomic mass is 10.0. The topological polar surface area (TPSA) is 65.5 Å². The van der Waals surface area contributed by atoms with E-state index in [1.165, 1.54) is 0 Å². The first-order chi connectivity index (χ1) is 13.1. The summed E-state index contributed by atoms with van der Waals surface area (Å²) < 4.78 is 0. The van der Waals surface area contributed by atoms with Crippen LogP contribution in [0.5, 0.6) is 0 Å². The van der Waals surface area contributed by atoms with Gasteiger partial charge in [0, 0.05) is 25.7 Å². The molecule has 1 N–H and O–H groups in total. The normalized spacial score (nSPS) is 16.4. The Kier molecular flexibility index (Phi) is 4.24. The van der Waals surface area contributed by atoms with Crippen LogP contribution in [0, 0.1) is 0 Å². The minimum absolute atomic E-state index is 0.0601. The molecule has 0 bridgehead atoms. The average molecular weight is 360 g/mol. The van der Waals surface area contributed by atoms with Crippen molar-refractivity contribution in [2.45, 2.75) is 6.17 Å². The highest BCUT2D eigenvalue weighted by atomic mass is 16.2. The monoisotopic (exact) mass is 360 g/mol. The Morgan fingerprint density at radius 1 is 1.15 bits per heavy atom. The van der Waals surface area contributed by atoms with E-state index in [1.807, 2.05) is 53.4 Å². The van der Waals surface area contributed by atoms with Gasteiger partial charge in [-0.15, -0.1) is 0 Å². The molecule has 0 saturated carbocycles. The predicted octanol–water partition coefficient (Wildman–Crippen LogP) is 2.57. The third kappa shape index (κ3) is 2.89. The van der Waals surface area contributed by atoms with Crippen LogP contribution >= 0.6 is 0 Å². The number of amides is 2. The number of hydrogen-bond donors (Lipinski definition) is 1. The first-order valence-electron chi connectivity index (χ1n) is 8.78. The number of rotatable bonds is 3. The summed E-state index contributed by atoms with van der Waals surface area (Å²) in [5.41, 5.74) is 3.19. The van der Waals surface area contributed by atoms with E-state index in [-0.39, 0.29) is 24.5 Å². The van der Waals surface area contributed by atoms with Crippen molar-refractivity contribution in [3.8, 4) is 0 Å². The van der Waals surface area contributed by atoms with E-state index in [4.69, 9.17) is 0 Å². The quantitative estimate of drug-likeness (QED) is 0.780. The van der Waals surface area contributed by atoms with Crippen LogP contribution in [0.1, 0.15) is 22.1 Å². The molecular formula is C21H20N4O2. The van der Waals surface area contributed by atoms with E-state index in [9.17, 15) is 9.59 Å². The fraction of sp³-hybridized carbons (Fsp3) is 0.190. The van der Waals surface area contributed by atoms with Crippen molar-refractivity contribution >= 4 is 28.4 Å². The number of nitrogens with zero attached hydrogens (tertiary/aromatic N) is 3. The smallest absolute Gasteiger partial charge is 0.257 e. The number of para-hydroxylation sites is 1. The second kappa shape index (κ2) is 6.72. The number of carbonyl (C=O) groups is 2. The fourth-order valence-electron chi connectivity index (χ4n) is 3.61. The van der Waals surface area contributed by atoms with Crippen molar-refractivity contribution in [3.05, 3.63) is 71.9 Å². The van der Waals surface area contributed by atoms with Gasteiger partial charge in [-0.2, -0.15) is 0 Å². The Balaban J connectivity index is 1.87. The molecule has 4 rings (SSSR count). The Hall–Kier alpha value is -3.41. The molecule has 1 aliphatic heterocycles. The molecule has 2 aromatic carbocycles. The Morgan fingerprint density at radius 3 is 2.78 bits per heavy atom. The van der Waals surface area contributed by atoms with E-state index in [2.05, 4.69) is 10.3 Å². The van der Waals surface area contributed by atoms with Gasteiger partial charge < -0.3 is 15.1 Å². The molecule has 0 aliphatic carbocycles. The largest absolute Gasteiger partial charge is 0.358 e. The second-order valence-electron chi connectivity index (χ2n) is 6.56. The standard InChI is InChI=1S/C21H20N4O2/c1-22-19(26)13-25-18-8-4-3-7-16(18)21(27)24(2)20(25)15-9-10-17-14(12-15)6-5-11-23-17/h3-12,20H,13H2,1-2H3,(H,22,26). The van der Waals surface area contributed by atoms with Gasteiger partial charge in [0.1, 0.15) is 6.17 Å². The number of anilines is 1. The van der Waals surface area contributed by atoms with Gasteiger partial charge in [0.05, 0.1) is 23.3 Å². The molecule has 1 unspecified atom stereocenters. The van der Waals surface area contributed by atoms with Crippen molar-refractivity contribution in [2.24, 2.45) is 0 Å². The van der Waals surface area contributed by atoms with Crippen LogP contribution in [-0.2, 0) is 4.79 Å². The highest BCUT2D eigenvalue weighted by Gasteiger charge is 2.37. The van der Waals surface area contributed by atoms with Crippen molar-refractivity contribution in [1.82, 2.24) is 15.2 Å². The predicted molar refractivity (Wildman–Crippen MR) is 104 cm³/mol. The van der Waals surface area contributed by atoms with Gasteiger partial charge in [0.25, 0.3) is 5.91 Å². The Morgan fingerprint density at radius 2 is 1.96 bits per heavy atom. The summed E-state index contributed by atoms with van der Waals surface area (Å²) in [5, 5.41) is 3.67. The fourth-order valence-corrected chi connectivity index (χ4v) is 3.61. The van der Waals surface area contributed by atoms with Crippen LogP contribution in [0.4, 0.5) is 5.69 Å². The first kappa shape index (κ1) is 17.0. The van der Waals surface area contributed by atoms with Crippen LogP contribution in [0.15, 0.2) is 60.8 Å². The van der Waals surface area contributed by atoms with Crippen LogP contribution in [0.2, 0.25) is 0 Å². The molecule has 6 nitrogen and oxygen atoms in total. The number of pyridine rings is 1. The zero-order valence-electron chi connectivity index (χ0n) is 15.2. The zero-order chi connectivity index (χ0) is 19.0. The molecule has 0 spiro atoms. The van der Waals surface area contributed by atoms with Gasteiger partial charge in [-0.05, 0) is 35.9 Å². The minimum Gasteiger partial charge on any atom is -0.358 e. The van der Waals surface area contributed by atoms with Crippen molar-refractivity contribution in [2.75, 3.05) is 25.5 Å². The second-order valence-corrected chi connectivity index (χ2v) is 6.56. The summed E-state index contributed by atoms with van der Waals surface area (Å²) in [6, 6.07) is 17.2. The van der Waals surface area contributed by atoms with Gasteiger partial charge >= 0.3 is 0 Å². The van der Waals surface area contributed by atoms with Crippen molar-refractivity contribution in [1.29, 1.82) is 0 Å². The number of nitrogens with one attached hydrogen (secondary N) is 1. The lowest BCUT2D eigenvalue weighted by Gasteiger charge is -2.44. The summed E-state index contributed by atoms with van der Waals surface area (Å²) in [6.07, 6.45) is 1.38. The maximum absolute atomic E-state index is 13.0. The van der Waals surface area contributed by atoms with E-state index in [0.717, 1.165) is 22.2 Å². The van der Waals surface area contributed by atoms with Crippen LogP contribution in [-0.4, -0.2) is 42.3 Å². The third-order valence-corrected chi connectivity index (χ3v) is 4.94. The molecule has 2 amide bonds. The summed E-state index contributed by atoms with van der Waals surface area (Å²) in [6.45, 7) is 0.154. The first-order valence-corrected chi connectivity index (χ1v) is 8.78. The molecule has 1 aromatic heterocycles. The van der Waals surface area contributed by atoms with Crippen molar-refractivity contribution < 1.29 is 9.59 Å². The number of fused-ring (bicyclic) bond motifs is 2. The van der Waals surface area contributed by atoms with Crippen LogP contribution in [0.25, 0.3) is 10.9 Å². The van der Waals surface area contributed by atoms with E-state index in [0.29, 0.717) is 5.56 Å². The molecule has 1 atom stereocenters. The summed E-state index contributed by atoms with van der Waals surface area (Å²) >= 11 is 0. The molecule has 0 radical (unpaired) electrons. The number of benzene rings is 2. The molecule has 0 fully saturated rings. The maximum atomic E-state index is 13.0. The molecular weight excluding hydrogens is 340 g/mol. The molecule has 2 heterocycles. The molecule has 27 heavy (non-hydrogen) atoms. The molecule has 1 aliphatic rings. The van der Waals surface area contributed by atoms with Crippen LogP contribution < -0.4 is 10.2 Å². The molecule has 3 aromatic rings. The lowest BCUT2D eigenvalue weighted by Crippen LogP contribution is -2.50. The zero-order valence-corrected chi connectivity index (χ0v) is 15.2. The SMILES string of the molecule is CNC(=O)CN1c2ccccc2C(=O)N(C)C1c1ccc2ncccc2c1. The van der Waals surface area contributed by atoms with Crippen molar-refractivity contribution in [3.63, 3.8) is 0 Å². The summed E-state index contributed by atoms with van der Waals surface area (Å²) in [5.74, 6) is -0.171. The number of carbonyl (C=O) groups excluding carboxylic acids is 2. The van der Waals surface area contributed by atoms with Gasteiger partial charge in [-0.25, -0.2) is 0 Å². The number of hydrogen-bond acceptors (Lipinski definition) is 4. The van der Waals surface area contributed by atoms with E-state index >= 15 is 0 Å². The average Bonchev–Trinajstić information content (AvgIpc) is 2.71. The van der Waals surface area contributed by atoms with Crippen LogP contribution in [0.3, 0.4) is 0 Å². The molecule has 0 saturated heterocycles. The van der Waals surface area contributed by atoms with Gasteiger partial charge in [-0.1, -0.05) is 24.3 Å². The van der Waals surface area contributed by atoms with Gasteiger partial charge in [0.2, 0.25) is 5.91 Å². The van der Waals surface area contributed by atoms with Gasteiger partial charge in [0.15, 0.2) is 0 Å². The minimum atomic E-state index is -0.380.